The number of alkyl halides is 3. The van der Waals surface area contributed by atoms with Gasteiger partial charge in [-0.1, -0.05) is 13.8 Å². The third-order valence-corrected chi connectivity index (χ3v) is 5.54. The van der Waals surface area contributed by atoms with Crippen molar-refractivity contribution in [1.29, 1.82) is 0 Å². The highest BCUT2D eigenvalue weighted by Gasteiger charge is 2.62. The average molecular weight is 396 g/mol. The van der Waals surface area contributed by atoms with Gasteiger partial charge in [0.25, 0.3) is 0 Å². The van der Waals surface area contributed by atoms with Crippen LogP contribution < -0.4 is 11.1 Å². The van der Waals surface area contributed by atoms with Gasteiger partial charge in [-0.2, -0.15) is 18.3 Å². The third-order valence-electron chi connectivity index (χ3n) is 5.54. The summed E-state index contributed by atoms with van der Waals surface area (Å²) in [6.45, 7) is 6.20. The van der Waals surface area contributed by atoms with Gasteiger partial charge in [-0.3, -0.25) is 4.79 Å². The fourth-order valence-electron chi connectivity index (χ4n) is 3.47. The number of hydrogen-bond donors (Lipinski definition) is 2. The highest BCUT2D eigenvalue weighted by molar-refractivity contribution is 5.99. The molecule has 2 aromatic rings. The Morgan fingerprint density at radius 2 is 1.96 bits per heavy atom. The van der Waals surface area contributed by atoms with Crippen LogP contribution >= 0.6 is 0 Å². The van der Waals surface area contributed by atoms with Crippen molar-refractivity contribution in [2.45, 2.75) is 45.0 Å². The topological polar surface area (TPSA) is 82.2 Å². The van der Waals surface area contributed by atoms with Gasteiger partial charge in [0.05, 0.1) is 18.0 Å². The molecule has 152 valence electrons. The zero-order chi connectivity index (χ0) is 20.7. The van der Waals surface area contributed by atoms with Gasteiger partial charge in [-0.15, -0.1) is 0 Å². The van der Waals surface area contributed by atoms with Gasteiger partial charge in [0.1, 0.15) is 11.2 Å². The van der Waals surface area contributed by atoms with Crippen molar-refractivity contribution >= 4 is 11.6 Å². The first-order valence-corrected chi connectivity index (χ1v) is 8.94. The van der Waals surface area contributed by atoms with E-state index in [1.807, 2.05) is 20.8 Å². The van der Waals surface area contributed by atoms with E-state index in [0.29, 0.717) is 18.7 Å². The van der Waals surface area contributed by atoms with E-state index in [2.05, 4.69) is 10.4 Å². The first kappa shape index (κ1) is 20.3. The SMILES string of the molecule is CCOC1CC(N)(C(=O)Nc2ccc(-n3nccc3C(F)(F)F)cc2)C1(C)C. The van der Waals surface area contributed by atoms with Crippen LogP contribution in [0.25, 0.3) is 5.69 Å². The molecule has 6 nitrogen and oxygen atoms in total. The summed E-state index contributed by atoms with van der Waals surface area (Å²) in [5, 5.41) is 6.47. The molecule has 1 aromatic heterocycles. The van der Waals surface area contributed by atoms with Crippen LogP contribution in [0.2, 0.25) is 0 Å². The number of amides is 1. The van der Waals surface area contributed by atoms with Crippen molar-refractivity contribution in [3.63, 3.8) is 0 Å². The smallest absolute Gasteiger partial charge is 0.378 e. The van der Waals surface area contributed by atoms with E-state index < -0.39 is 22.8 Å². The molecule has 9 heteroatoms. The standard InChI is InChI=1S/C19H23F3N4O2/c1-4-28-15-11-18(23,17(15,2)3)16(27)25-12-5-7-13(8-6-12)26-14(9-10-24-26)19(20,21)22/h5-10,15H,4,11,23H2,1-3H3,(H,25,27). The number of nitrogens with zero attached hydrogens (tertiary/aromatic N) is 2. The van der Waals surface area contributed by atoms with Crippen molar-refractivity contribution in [2.24, 2.45) is 11.1 Å². The normalized spacial score (nSPS) is 23.9. The van der Waals surface area contributed by atoms with Crippen LogP contribution in [-0.4, -0.2) is 33.9 Å². The molecule has 1 heterocycles. The van der Waals surface area contributed by atoms with Crippen molar-refractivity contribution in [3.8, 4) is 5.69 Å². The number of carbonyl (C=O) groups excluding carboxylic acids is 1. The number of rotatable bonds is 5. The van der Waals surface area contributed by atoms with Crippen LogP contribution in [0.5, 0.6) is 0 Å². The van der Waals surface area contributed by atoms with Crippen molar-refractivity contribution < 1.29 is 22.7 Å². The lowest BCUT2D eigenvalue weighted by molar-refractivity contribution is -0.166. The minimum absolute atomic E-state index is 0.101. The maximum absolute atomic E-state index is 13.0. The Morgan fingerprint density at radius 1 is 1.32 bits per heavy atom. The highest BCUT2D eigenvalue weighted by atomic mass is 19.4. The second-order valence-electron chi connectivity index (χ2n) is 7.47. The minimum atomic E-state index is -4.51. The number of hydrogen-bond acceptors (Lipinski definition) is 4. The Balaban J connectivity index is 1.74. The van der Waals surface area contributed by atoms with Crippen LogP contribution in [0.4, 0.5) is 18.9 Å². The summed E-state index contributed by atoms with van der Waals surface area (Å²) >= 11 is 0. The highest BCUT2D eigenvalue weighted by Crippen LogP contribution is 2.50. The van der Waals surface area contributed by atoms with Gasteiger partial charge in [0.15, 0.2) is 0 Å². The lowest BCUT2D eigenvalue weighted by Gasteiger charge is -2.57. The van der Waals surface area contributed by atoms with E-state index in [1.165, 1.54) is 24.3 Å². The van der Waals surface area contributed by atoms with Gasteiger partial charge in [-0.05, 0) is 37.3 Å². The number of carbonyl (C=O) groups is 1. The molecule has 0 radical (unpaired) electrons. The lowest BCUT2D eigenvalue weighted by Crippen LogP contribution is -2.74. The van der Waals surface area contributed by atoms with Crippen molar-refractivity contribution in [2.75, 3.05) is 11.9 Å². The summed E-state index contributed by atoms with van der Waals surface area (Å²) in [7, 11) is 0. The molecule has 28 heavy (non-hydrogen) atoms. The fraction of sp³-hybridized carbons (Fsp3) is 0.474. The first-order valence-electron chi connectivity index (χ1n) is 8.94. The van der Waals surface area contributed by atoms with Gasteiger partial charge >= 0.3 is 6.18 Å². The number of halogens is 3. The number of nitrogens with two attached hydrogens (primary N) is 1. The predicted octanol–water partition coefficient (Wildman–Crippen LogP) is 3.36. The number of benzene rings is 1. The van der Waals surface area contributed by atoms with Gasteiger partial charge < -0.3 is 15.8 Å². The fourth-order valence-corrected chi connectivity index (χ4v) is 3.47. The summed E-state index contributed by atoms with van der Waals surface area (Å²) in [5.41, 5.74) is 4.51. The molecule has 1 amide bonds. The molecule has 1 fully saturated rings. The summed E-state index contributed by atoms with van der Waals surface area (Å²) in [6, 6.07) is 6.85. The van der Waals surface area contributed by atoms with Crippen LogP contribution in [0.15, 0.2) is 36.5 Å². The molecular weight excluding hydrogens is 373 g/mol. The van der Waals surface area contributed by atoms with Crippen LogP contribution in [0, 0.1) is 5.41 Å². The molecule has 0 bridgehead atoms. The third kappa shape index (κ3) is 3.29. The molecule has 1 aromatic carbocycles. The first-order chi connectivity index (χ1) is 13.0. The van der Waals surface area contributed by atoms with E-state index in [0.717, 1.165) is 16.9 Å². The lowest BCUT2D eigenvalue weighted by atomic mass is 9.54. The van der Waals surface area contributed by atoms with Gasteiger partial charge in [-0.25, -0.2) is 4.68 Å². The molecule has 3 rings (SSSR count). The molecule has 2 unspecified atom stereocenters. The Labute approximate surface area is 160 Å². The number of nitrogens with one attached hydrogen (secondary N) is 1. The molecule has 1 aliphatic rings. The zero-order valence-electron chi connectivity index (χ0n) is 15.9. The van der Waals surface area contributed by atoms with Crippen LogP contribution in [0.3, 0.4) is 0 Å². The molecule has 0 aliphatic heterocycles. The largest absolute Gasteiger partial charge is 0.433 e. The quantitative estimate of drug-likeness (QED) is 0.812. The molecule has 2 atom stereocenters. The van der Waals surface area contributed by atoms with Crippen molar-refractivity contribution in [1.82, 2.24) is 9.78 Å². The monoisotopic (exact) mass is 396 g/mol. The Kier molecular flexibility index (Phi) is 5.01. The van der Waals surface area contributed by atoms with E-state index >= 15 is 0 Å². The van der Waals surface area contributed by atoms with Gasteiger partial charge in [0, 0.05) is 24.1 Å². The molecule has 3 N–H and O–H groups in total. The molecule has 1 aliphatic carbocycles. The zero-order valence-corrected chi connectivity index (χ0v) is 15.9. The molecule has 0 spiro atoms. The van der Waals surface area contributed by atoms with Gasteiger partial charge in [0.2, 0.25) is 5.91 Å². The summed E-state index contributed by atoms with van der Waals surface area (Å²) in [6.07, 6.45) is -3.12. The second-order valence-corrected chi connectivity index (χ2v) is 7.47. The summed E-state index contributed by atoms with van der Waals surface area (Å²) in [5.74, 6) is -0.351. The maximum atomic E-state index is 13.0. The summed E-state index contributed by atoms with van der Waals surface area (Å²) in [4.78, 5) is 12.7. The van der Waals surface area contributed by atoms with Crippen LogP contribution in [0.1, 0.15) is 32.9 Å². The molecular formula is C19H23F3N4O2. The van der Waals surface area contributed by atoms with Crippen molar-refractivity contribution in [3.05, 3.63) is 42.2 Å². The number of ether oxygens (including phenoxy) is 1. The minimum Gasteiger partial charge on any atom is -0.378 e. The Bertz CT molecular complexity index is 861. The number of aromatic nitrogens is 2. The average Bonchev–Trinajstić information content (AvgIpc) is 3.12. The van der Waals surface area contributed by atoms with E-state index in [4.69, 9.17) is 10.5 Å². The number of anilines is 1. The van der Waals surface area contributed by atoms with E-state index in [-0.39, 0.29) is 17.7 Å². The molecule has 1 saturated carbocycles. The summed E-state index contributed by atoms with van der Waals surface area (Å²) < 4.78 is 45.5. The van der Waals surface area contributed by atoms with E-state index in [1.54, 1.807) is 0 Å². The second kappa shape index (κ2) is 6.89. The predicted molar refractivity (Wildman–Crippen MR) is 97.9 cm³/mol. The maximum Gasteiger partial charge on any atom is 0.433 e. The molecule has 0 saturated heterocycles. The van der Waals surface area contributed by atoms with E-state index in [9.17, 15) is 18.0 Å². The van der Waals surface area contributed by atoms with Crippen LogP contribution in [-0.2, 0) is 15.7 Å². The Hall–Kier alpha value is -2.39. The Morgan fingerprint density at radius 3 is 2.50 bits per heavy atom.